The summed E-state index contributed by atoms with van der Waals surface area (Å²) >= 11 is 3.66. The van der Waals surface area contributed by atoms with Crippen molar-refractivity contribution in [1.82, 2.24) is 14.5 Å². The minimum atomic E-state index is -0.0370. The second-order valence-electron chi connectivity index (χ2n) is 9.87. The third kappa shape index (κ3) is 5.96. The number of methoxy groups -OCH3 is 3. The summed E-state index contributed by atoms with van der Waals surface area (Å²) in [5, 5.41) is 14.2. The molecular weight excluding hydrogens is 584 g/mol. The Morgan fingerprint density at radius 3 is 2.41 bits per heavy atom. The number of nitrogens with one attached hydrogen (secondary N) is 1. The summed E-state index contributed by atoms with van der Waals surface area (Å²) in [6.07, 6.45) is 2.92. The van der Waals surface area contributed by atoms with Crippen molar-refractivity contribution in [2.45, 2.75) is 45.9 Å². The molecule has 0 saturated carbocycles. The van der Waals surface area contributed by atoms with E-state index in [2.05, 4.69) is 38.8 Å². The Morgan fingerprint density at radius 1 is 0.902 bits per heavy atom. The maximum absolute atomic E-state index is 9.65. The highest BCUT2D eigenvalue weighted by atomic mass is 79.9. The van der Waals surface area contributed by atoms with E-state index in [0.717, 1.165) is 85.4 Å². The maximum atomic E-state index is 9.65. The van der Waals surface area contributed by atoms with Crippen LogP contribution in [0.15, 0.2) is 59.1 Å². The minimum Gasteiger partial charge on any atom is -0.497 e. The van der Waals surface area contributed by atoms with Crippen LogP contribution in [0.4, 0.5) is 5.82 Å². The van der Waals surface area contributed by atoms with Crippen molar-refractivity contribution in [2.75, 3.05) is 26.6 Å². The Morgan fingerprint density at radius 2 is 1.68 bits per heavy atom. The van der Waals surface area contributed by atoms with E-state index < -0.39 is 0 Å². The average Bonchev–Trinajstić information content (AvgIpc) is 3.37. The number of hydrogen-bond donors (Lipinski definition) is 2. The number of rotatable bonds is 12. The third-order valence-electron chi connectivity index (χ3n) is 7.27. The molecule has 0 aliphatic rings. The van der Waals surface area contributed by atoms with Crippen molar-refractivity contribution < 1.29 is 19.3 Å². The number of halogens is 1. The molecule has 0 radical (unpaired) electrons. The first-order valence-electron chi connectivity index (χ1n) is 13.7. The van der Waals surface area contributed by atoms with Crippen LogP contribution in [-0.2, 0) is 26.1 Å². The average molecular weight is 620 g/mol. The molecule has 3 aromatic carbocycles. The monoisotopic (exact) mass is 618 g/mol. The standard InChI is InChI=1S/C32H35BrN4O4/c1-5-6-7-29-36-30-31(37(29)18-22-9-8-20(19-38)14-27(22)40-3)25-15-23(33)11-13-26(25)35-32(30)34-17-21-10-12-24(39-2)16-28(21)41-4/h8-16,38H,5-7,17-19H2,1-4H3,(H,34,35). The molecule has 2 heterocycles. The first-order valence-corrected chi connectivity index (χ1v) is 14.5. The molecule has 0 atom stereocenters. The minimum absolute atomic E-state index is 0.0370. The largest absolute Gasteiger partial charge is 0.497 e. The van der Waals surface area contributed by atoms with Crippen molar-refractivity contribution in [3.05, 3.63) is 81.6 Å². The van der Waals surface area contributed by atoms with Gasteiger partial charge in [0.15, 0.2) is 5.82 Å². The molecule has 0 saturated heterocycles. The van der Waals surface area contributed by atoms with Crippen LogP contribution in [0.2, 0.25) is 0 Å². The molecule has 0 aliphatic carbocycles. The lowest BCUT2D eigenvalue weighted by molar-refractivity contribution is 0.281. The summed E-state index contributed by atoms with van der Waals surface area (Å²) in [5.41, 5.74) is 5.51. The van der Waals surface area contributed by atoms with E-state index in [4.69, 9.17) is 24.2 Å². The molecule has 0 bridgehead atoms. The Balaban J connectivity index is 1.66. The number of aromatic nitrogens is 3. The lowest BCUT2D eigenvalue weighted by Crippen LogP contribution is -2.08. The van der Waals surface area contributed by atoms with Crippen LogP contribution in [0.25, 0.3) is 21.9 Å². The summed E-state index contributed by atoms with van der Waals surface area (Å²) in [5.74, 6) is 3.93. The molecule has 0 spiro atoms. The number of aryl methyl sites for hydroxylation is 1. The number of unbranched alkanes of at least 4 members (excludes halogenated alkanes) is 1. The summed E-state index contributed by atoms with van der Waals surface area (Å²) in [4.78, 5) is 10.2. The molecule has 5 rings (SSSR count). The number of ether oxygens (including phenoxy) is 3. The summed E-state index contributed by atoms with van der Waals surface area (Å²) in [6, 6.07) is 17.8. The number of nitrogens with zero attached hydrogens (tertiary/aromatic N) is 3. The summed E-state index contributed by atoms with van der Waals surface area (Å²) < 4.78 is 20.0. The van der Waals surface area contributed by atoms with Crippen LogP contribution in [-0.4, -0.2) is 41.0 Å². The summed E-state index contributed by atoms with van der Waals surface area (Å²) in [6.45, 7) is 3.23. The number of aliphatic hydroxyl groups is 1. The second-order valence-corrected chi connectivity index (χ2v) is 10.8. The van der Waals surface area contributed by atoms with E-state index in [1.54, 1.807) is 21.3 Å². The molecule has 0 amide bonds. The van der Waals surface area contributed by atoms with Crippen LogP contribution in [0, 0.1) is 0 Å². The molecule has 214 valence electrons. The van der Waals surface area contributed by atoms with Crippen molar-refractivity contribution in [2.24, 2.45) is 0 Å². The van der Waals surface area contributed by atoms with Gasteiger partial charge in [0.2, 0.25) is 0 Å². The number of anilines is 1. The predicted octanol–water partition coefficient (Wildman–Crippen LogP) is 6.87. The van der Waals surface area contributed by atoms with Gasteiger partial charge in [0.05, 0.1) is 45.5 Å². The number of pyridine rings is 1. The molecule has 41 heavy (non-hydrogen) atoms. The van der Waals surface area contributed by atoms with Gasteiger partial charge in [-0.1, -0.05) is 41.4 Å². The topological polar surface area (TPSA) is 90.7 Å². The molecule has 2 aromatic heterocycles. The van der Waals surface area contributed by atoms with Gasteiger partial charge < -0.3 is 29.2 Å². The lowest BCUT2D eigenvalue weighted by atomic mass is 10.1. The van der Waals surface area contributed by atoms with E-state index in [0.29, 0.717) is 18.9 Å². The number of fused-ring (bicyclic) bond motifs is 3. The van der Waals surface area contributed by atoms with Crippen molar-refractivity contribution in [3.63, 3.8) is 0 Å². The van der Waals surface area contributed by atoms with Gasteiger partial charge in [-0.15, -0.1) is 0 Å². The van der Waals surface area contributed by atoms with E-state index in [9.17, 15) is 5.11 Å². The van der Waals surface area contributed by atoms with Gasteiger partial charge in [0.25, 0.3) is 0 Å². The van der Waals surface area contributed by atoms with E-state index in [-0.39, 0.29) is 6.61 Å². The zero-order valence-electron chi connectivity index (χ0n) is 23.8. The van der Waals surface area contributed by atoms with Crippen LogP contribution >= 0.6 is 15.9 Å². The predicted molar refractivity (Wildman–Crippen MR) is 166 cm³/mol. The molecule has 0 fully saturated rings. The van der Waals surface area contributed by atoms with Gasteiger partial charge in [0, 0.05) is 40.0 Å². The smallest absolute Gasteiger partial charge is 0.155 e. The maximum Gasteiger partial charge on any atom is 0.155 e. The SMILES string of the molecule is CCCCc1nc2c(NCc3ccc(OC)cc3OC)nc3ccc(Br)cc3c2n1Cc1ccc(CO)cc1OC. The van der Waals surface area contributed by atoms with Crippen LogP contribution in [0.3, 0.4) is 0 Å². The quantitative estimate of drug-likeness (QED) is 0.158. The fourth-order valence-electron chi connectivity index (χ4n) is 5.09. The summed E-state index contributed by atoms with van der Waals surface area (Å²) in [7, 11) is 4.96. The van der Waals surface area contributed by atoms with Crippen molar-refractivity contribution in [3.8, 4) is 17.2 Å². The van der Waals surface area contributed by atoms with Crippen molar-refractivity contribution >= 4 is 43.7 Å². The van der Waals surface area contributed by atoms with Gasteiger partial charge in [0.1, 0.15) is 28.6 Å². The Kier molecular flexibility index (Phi) is 8.95. The van der Waals surface area contributed by atoms with Gasteiger partial charge >= 0.3 is 0 Å². The van der Waals surface area contributed by atoms with E-state index >= 15 is 0 Å². The molecule has 5 aromatic rings. The molecular formula is C32H35BrN4O4. The molecule has 8 nitrogen and oxygen atoms in total. The number of hydrogen-bond acceptors (Lipinski definition) is 7. The number of benzene rings is 3. The molecule has 9 heteroatoms. The Hall–Kier alpha value is -3.82. The van der Waals surface area contributed by atoms with E-state index in [1.807, 2.05) is 48.5 Å². The van der Waals surface area contributed by atoms with Crippen LogP contribution in [0.1, 0.15) is 42.3 Å². The highest BCUT2D eigenvalue weighted by molar-refractivity contribution is 9.10. The Labute approximate surface area is 248 Å². The molecule has 0 unspecified atom stereocenters. The first-order chi connectivity index (χ1) is 20.0. The van der Waals surface area contributed by atoms with E-state index in [1.165, 1.54) is 0 Å². The highest BCUT2D eigenvalue weighted by Crippen LogP contribution is 2.35. The first kappa shape index (κ1) is 28.7. The molecule has 2 N–H and O–H groups in total. The van der Waals surface area contributed by atoms with Crippen LogP contribution in [0.5, 0.6) is 17.2 Å². The second kappa shape index (κ2) is 12.8. The van der Waals surface area contributed by atoms with Gasteiger partial charge in [-0.2, -0.15) is 0 Å². The van der Waals surface area contributed by atoms with Gasteiger partial charge in [-0.05, 0) is 48.4 Å². The third-order valence-corrected chi connectivity index (χ3v) is 7.77. The zero-order chi connectivity index (χ0) is 28.9. The Bertz CT molecular complexity index is 1680. The fraction of sp³-hybridized carbons (Fsp3) is 0.312. The molecule has 0 aliphatic heterocycles. The lowest BCUT2D eigenvalue weighted by Gasteiger charge is -2.15. The number of aliphatic hydroxyl groups excluding tert-OH is 1. The zero-order valence-corrected chi connectivity index (χ0v) is 25.4. The van der Waals surface area contributed by atoms with Crippen molar-refractivity contribution in [1.29, 1.82) is 0 Å². The van der Waals surface area contributed by atoms with Crippen LogP contribution < -0.4 is 19.5 Å². The van der Waals surface area contributed by atoms with Gasteiger partial charge in [-0.25, -0.2) is 9.97 Å². The number of imidazole rings is 1. The normalized spacial score (nSPS) is 11.3. The fourth-order valence-corrected chi connectivity index (χ4v) is 5.45. The van der Waals surface area contributed by atoms with Gasteiger partial charge in [-0.3, -0.25) is 0 Å². The highest BCUT2D eigenvalue weighted by Gasteiger charge is 2.20.